The zero-order chi connectivity index (χ0) is 20.2. The first-order valence-corrected chi connectivity index (χ1v) is 10.1. The van der Waals surface area contributed by atoms with E-state index < -0.39 is 5.97 Å². The van der Waals surface area contributed by atoms with Gasteiger partial charge in [0.25, 0.3) is 5.91 Å². The van der Waals surface area contributed by atoms with Gasteiger partial charge in [0.2, 0.25) is 0 Å². The molecule has 0 radical (unpaired) electrons. The normalized spacial score (nSPS) is 10.7. The molecule has 5 heteroatoms. The average molecular weight is 401 g/mol. The van der Waals surface area contributed by atoms with Crippen LogP contribution in [0.3, 0.4) is 0 Å². The van der Waals surface area contributed by atoms with Crippen molar-refractivity contribution in [2.45, 2.75) is 6.92 Å². The van der Waals surface area contributed by atoms with Gasteiger partial charge < -0.3 is 10.1 Å². The summed E-state index contributed by atoms with van der Waals surface area (Å²) in [4.78, 5) is 26.2. The molecule has 1 amide bonds. The second-order valence-corrected chi connectivity index (χ2v) is 7.51. The number of anilines is 1. The number of nitrogens with one attached hydrogen (secondary N) is 1. The molecule has 0 aliphatic heterocycles. The number of amides is 1. The highest BCUT2D eigenvalue weighted by Crippen LogP contribution is 2.36. The molecule has 0 aliphatic rings. The van der Waals surface area contributed by atoms with Crippen LogP contribution in [0.2, 0.25) is 0 Å². The molecular weight excluding hydrogens is 382 g/mol. The molecule has 0 saturated carbocycles. The molecule has 0 bridgehead atoms. The number of hydrogen-bond acceptors (Lipinski definition) is 4. The van der Waals surface area contributed by atoms with Crippen molar-refractivity contribution in [2.75, 3.05) is 11.9 Å². The Morgan fingerprint density at radius 1 is 0.897 bits per heavy atom. The minimum absolute atomic E-state index is 0.261. The second-order valence-electron chi connectivity index (χ2n) is 6.46. The van der Waals surface area contributed by atoms with E-state index >= 15 is 0 Å². The van der Waals surface area contributed by atoms with E-state index in [1.54, 1.807) is 19.1 Å². The van der Waals surface area contributed by atoms with E-state index in [9.17, 15) is 9.59 Å². The number of thiophene rings is 1. The summed E-state index contributed by atoms with van der Waals surface area (Å²) in [6, 6.07) is 24.9. The molecule has 0 atom stereocenters. The molecule has 4 nitrogen and oxygen atoms in total. The van der Waals surface area contributed by atoms with Crippen molar-refractivity contribution >= 4 is 39.0 Å². The maximum Gasteiger partial charge on any atom is 0.341 e. The zero-order valence-corrected chi connectivity index (χ0v) is 16.7. The molecular formula is C24H19NO3S. The van der Waals surface area contributed by atoms with Crippen LogP contribution in [0.4, 0.5) is 5.00 Å². The van der Waals surface area contributed by atoms with Gasteiger partial charge in [-0.1, -0.05) is 60.7 Å². The van der Waals surface area contributed by atoms with Crippen molar-refractivity contribution in [2.24, 2.45) is 0 Å². The second kappa shape index (κ2) is 8.29. The first-order chi connectivity index (χ1) is 14.2. The van der Waals surface area contributed by atoms with E-state index in [0.29, 0.717) is 16.1 Å². The van der Waals surface area contributed by atoms with Crippen molar-refractivity contribution in [1.82, 2.24) is 0 Å². The van der Waals surface area contributed by atoms with E-state index in [4.69, 9.17) is 4.74 Å². The van der Waals surface area contributed by atoms with Gasteiger partial charge in [-0.15, -0.1) is 11.3 Å². The molecule has 0 aliphatic carbocycles. The van der Waals surface area contributed by atoms with Crippen LogP contribution < -0.4 is 5.32 Å². The molecule has 3 aromatic carbocycles. The van der Waals surface area contributed by atoms with E-state index in [2.05, 4.69) is 5.32 Å². The molecule has 4 aromatic rings. The molecule has 0 unspecified atom stereocenters. The van der Waals surface area contributed by atoms with Crippen molar-refractivity contribution in [1.29, 1.82) is 0 Å². The van der Waals surface area contributed by atoms with Gasteiger partial charge in [-0.25, -0.2) is 4.79 Å². The Labute approximate surface area is 172 Å². The molecule has 144 valence electrons. The lowest BCUT2D eigenvalue weighted by atomic mass is 10.1. The van der Waals surface area contributed by atoms with Crippen LogP contribution in [0.15, 0.2) is 78.9 Å². The van der Waals surface area contributed by atoms with Gasteiger partial charge in [-0.2, -0.15) is 0 Å². The fraction of sp³-hybridized carbons (Fsp3) is 0.0833. The zero-order valence-electron chi connectivity index (χ0n) is 15.8. The summed E-state index contributed by atoms with van der Waals surface area (Å²) in [5.41, 5.74) is 1.88. The summed E-state index contributed by atoms with van der Waals surface area (Å²) in [6.45, 7) is 2.03. The Bertz CT molecular complexity index is 1180. The Kier molecular flexibility index (Phi) is 5.40. The topological polar surface area (TPSA) is 55.4 Å². The summed E-state index contributed by atoms with van der Waals surface area (Å²) in [6.07, 6.45) is 0. The minimum atomic E-state index is -0.445. The number of fused-ring (bicyclic) bond motifs is 1. The molecule has 4 rings (SSSR count). The van der Waals surface area contributed by atoms with Crippen molar-refractivity contribution < 1.29 is 14.3 Å². The molecule has 1 heterocycles. The monoisotopic (exact) mass is 401 g/mol. The standard InChI is InChI=1S/C24H19NO3S/c1-2-28-24(27)20-15-21(17-9-4-3-5-10-17)29-23(20)25-22(26)19-13-12-16-8-6-7-11-18(16)14-19/h3-15H,2H2,1H3,(H,25,26). The maximum absolute atomic E-state index is 12.9. The van der Waals surface area contributed by atoms with Crippen LogP contribution in [0.5, 0.6) is 0 Å². The molecule has 29 heavy (non-hydrogen) atoms. The molecule has 0 spiro atoms. The molecule has 0 saturated heterocycles. The minimum Gasteiger partial charge on any atom is -0.462 e. The third-order valence-electron chi connectivity index (χ3n) is 4.52. The lowest BCUT2D eigenvalue weighted by Gasteiger charge is -2.07. The lowest BCUT2D eigenvalue weighted by Crippen LogP contribution is -2.14. The van der Waals surface area contributed by atoms with Gasteiger partial charge in [0.1, 0.15) is 5.00 Å². The summed E-state index contributed by atoms with van der Waals surface area (Å²) in [5, 5.41) is 5.44. The van der Waals surface area contributed by atoms with Crippen LogP contribution in [0.25, 0.3) is 21.2 Å². The van der Waals surface area contributed by atoms with Crippen LogP contribution in [-0.2, 0) is 4.74 Å². The Morgan fingerprint density at radius 3 is 2.38 bits per heavy atom. The van der Waals surface area contributed by atoms with Gasteiger partial charge >= 0.3 is 5.97 Å². The molecule has 0 fully saturated rings. The number of carbonyl (C=O) groups excluding carboxylic acids is 2. The van der Waals surface area contributed by atoms with Gasteiger partial charge in [-0.05, 0) is 41.5 Å². The third-order valence-corrected chi connectivity index (χ3v) is 5.62. The first-order valence-electron chi connectivity index (χ1n) is 9.32. The Hall–Kier alpha value is -3.44. The molecule has 1 N–H and O–H groups in total. The fourth-order valence-corrected chi connectivity index (χ4v) is 4.14. The number of hydrogen-bond donors (Lipinski definition) is 1. The molecule has 1 aromatic heterocycles. The fourth-order valence-electron chi connectivity index (χ4n) is 3.09. The number of ether oxygens (including phenoxy) is 1. The Balaban J connectivity index is 1.67. The van der Waals surface area contributed by atoms with Gasteiger partial charge in [-0.3, -0.25) is 4.79 Å². The van der Waals surface area contributed by atoms with Gasteiger partial charge in [0, 0.05) is 10.4 Å². The SMILES string of the molecule is CCOC(=O)c1cc(-c2ccccc2)sc1NC(=O)c1ccc2ccccc2c1. The maximum atomic E-state index is 12.9. The first kappa shape index (κ1) is 18.9. The summed E-state index contributed by atoms with van der Waals surface area (Å²) in [7, 11) is 0. The number of rotatable bonds is 5. The van der Waals surface area contributed by atoms with E-state index in [1.807, 2.05) is 66.7 Å². The number of benzene rings is 3. The summed E-state index contributed by atoms with van der Waals surface area (Å²) in [5.74, 6) is -0.706. The number of carbonyl (C=O) groups is 2. The quantitative estimate of drug-likeness (QED) is 0.418. The summed E-state index contributed by atoms with van der Waals surface area (Å²) < 4.78 is 5.18. The Morgan fingerprint density at radius 2 is 1.62 bits per heavy atom. The van der Waals surface area contributed by atoms with E-state index in [-0.39, 0.29) is 12.5 Å². The highest BCUT2D eigenvalue weighted by atomic mass is 32.1. The van der Waals surface area contributed by atoms with Gasteiger partial charge in [0.05, 0.1) is 12.2 Å². The van der Waals surface area contributed by atoms with Crippen LogP contribution in [0.1, 0.15) is 27.6 Å². The predicted molar refractivity (Wildman–Crippen MR) is 118 cm³/mol. The van der Waals surface area contributed by atoms with Gasteiger partial charge in [0.15, 0.2) is 0 Å². The highest BCUT2D eigenvalue weighted by Gasteiger charge is 2.20. The summed E-state index contributed by atoms with van der Waals surface area (Å²) >= 11 is 1.36. The van der Waals surface area contributed by atoms with E-state index in [0.717, 1.165) is 21.2 Å². The average Bonchev–Trinajstić information content (AvgIpc) is 3.18. The lowest BCUT2D eigenvalue weighted by molar-refractivity contribution is 0.0528. The highest BCUT2D eigenvalue weighted by molar-refractivity contribution is 7.20. The number of esters is 1. The van der Waals surface area contributed by atoms with E-state index in [1.165, 1.54) is 11.3 Å². The van der Waals surface area contributed by atoms with Crippen molar-refractivity contribution in [3.63, 3.8) is 0 Å². The van der Waals surface area contributed by atoms with Crippen LogP contribution in [-0.4, -0.2) is 18.5 Å². The van der Waals surface area contributed by atoms with Crippen LogP contribution >= 0.6 is 11.3 Å². The van der Waals surface area contributed by atoms with Crippen molar-refractivity contribution in [3.05, 3.63) is 90.0 Å². The van der Waals surface area contributed by atoms with Crippen molar-refractivity contribution in [3.8, 4) is 10.4 Å². The predicted octanol–water partition coefficient (Wildman–Crippen LogP) is 6.00. The smallest absolute Gasteiger partial charge is 0.341 e. The third kappa shape index (κ3) is 4.05. The largest absolute Gasteiger partial charge is 0.462 e. The van der Waals surface area contributed by atoms with Crippen LogP contribution in [0, 0.1) is 0 Å².